The zero-order valence-corrected chi connectivity index (χ0v) is 8.79. The number of hydrogen-bond donors (Lipinski definition) is 0. The molecule has 2 fully saturated rings. The van der Waals surface area contributed by atoms with Crippen LogP contribution in [0.2, 0.25) is 0 Å². The molecule has 3 rings (SSSR count). The summed E-state index contributed by atoms with van der Waals surface area (Å²) < 4.78 is 11.7. The molecule has 2 aliphatic carbocycles. The van der Waals surface area contributed by atoms with Crippen molar-refractivity contribution in [1.82, 2.24) is 0 Å². The molecule has 0 N–H and O–H groups in total. The average molecular weight is 194 g/mol. The number of fused-ring (bicyclic) bond motifs is 2. The Labute approximate surface area is 85.3 Å². The van der Waals surface area contributed by atoms with Crippen molar-refractivity contribution in [3.63, 3.8) is 0 Å². The van der Waals surface area contributed by atoms with E-state index in [0.29, 0.717) is 5.92 Å². The minimum absolute atomic E-state index is 0.180. The minimum Gasteiger partial charge on any atom is -0.347 e. The molecule has 0 radical (unpaired) electrons. The molecule has 78 valence electrons. The van der Waals surface area contributed by atoms with Gasteiger partial charge < -0.3 is 9.47 Å². The van der Waals surface area contributed by atoms with Crippen LogP contribution in [0.4, 0.5) is 0 Å². The smallest absolute Gasteiger partial charge is 0.171 e. The zero-order valence-electron chi connectivity index (χ0n) is 8.79. The highest BCUT2D eigenvalue weighted by Gasteiger charge is 2.52. The van der Waals surface area contributed by atoms with Gasteiger partial charge in [0.05, 0.1) is 13.2 Å². The third kappa shape index (κ3) is 1.17. The summed E-state index contributed by atoms with van der Waals surface area (Å²) in [5, 5.41) is 0. The predicted molar refractivity (Wildman–Crippen MR) is 53.8 cm³/mol. The molecule has 0 aromatic carbocycles. The SMILES string of the molecule is CC1=CC[C@H]2CCC3(OCCO3)[C@H]2C1. The van der Waals surface area contributed by atoms with Crippen molar-refractivity contribution < 1.29 is 9.47 Å². The fourth-order valence-corrected chi connectivity index (χ4v) is 3.35. The maximum atomic E-state index is 5.87. The van der Waals surface area contributed by atoms with Crippen LogP contribution in [0, 0.1) is 11.8 Å². The van der Waals surface area contributed by atoms with E-state index < -0.39 is 0 Å². The lowest BCUT2D eigenvalue weighted by atomic mass is 9.80. The number of rotatable bonds is 0. The summed E-state index contributed by atoms with van der Waals surface area (Å²) >= 11 is 0. The standard InChI is InChI=1S/C12H18O2/c1-9-2-3-10-4-5-12(11(10)8-9)13-6-7-14-12/h2,10-11H,3-8H2,1H3/t10-,11-/m0/s1. The van der Waals surface area contributed by atoms with Gasteiger partial charge in [0.2, 0.25) is 0 Å². The molecule has 1 aliphatic heterocycles. The van der Waals surface area contributed by atoms with E-state index in [2.05, 4.69) is 13.0 Å². The van der Waals surface area contributed by atoms with Gasteiger partial charge in [-0.1, -0.05) is 11.6 Å². The predicted octanol–water partition coefficient (Wildman–Crippen LogP) is 2.50. The molecule has 1 saturated heterocycles. The van der Waals surface area contributed by atoms with Gasteiger partial charge in [0.15, 0.2) is 5.79 Å². The van der Waals surface area contributed by atoms with Gasteiger partial charge in [0.25, 0.3) is 0 Å². The Balaban J connectivity index is 1.86. The van der Waals surface area contributed by atoms with Crippen molar-refractivity contribution in [3.05, 3.63) is 11.6 Å². The summed E-state index contributed by atoms with van der Waals surface area (Å²) in [7, 11) is 0. The zero-order chi connectivity index (χ0) is 9.60. The first-order chi connectivity index (χ1) is 6.80. The number of hydrogen-bond acceptors (Lipinski definition) is 2. The van der Waals surface area contributed by atoms with Crippen LogP contribution in [0.3, 0.4) is 0 Å². The molecule has 2 nitrogen and oxygen atoms in total. The quantitative estimate of drug-likeness (QED) is 0.552. The highest BCUT2D eigenvalue weighted by molar-refractivity contribution is 5.11. The molecular formula is C12H18O2. The number of ether oxygens (including phenoxy) is 2. The van der Waals surface area contributed by atoms with Crippen LogP contribution in [-0.2, 0) is 9.47 Å². The van der Waals surface area contributed by atoms with Gasteiger partial charge in [0.1, 0.15) is 0 Å². The van der Waals surface area contributed by atoms with E-state index in [0.717, 1.165) is 25.6 Å². The first kappa shape index (κ1) is 8.93. The maximum absolute atomic E-state index is 5.87. The largest absolute Gasteiger partial charge is 0.347 e. The highest BCUT2D eigenvalue weighted by Crippen LogP contribution is 2.51. The second kappa shape index (κ2) is 3.07. The van der Waals surface area contributed by atoms with E-state index >= 15 is 0 Å². The Morgan fingerprint density at radius 2 is 2.14 bits per heavy atom. The summed E-state index contributed by atoms with van der Waals surface area (Å²) in [5.74, 6) is 1.27. The van der Waals surface area contributed by atoms with Crippen LogP contribution in [0.5, 0.6) is 0 Å². The Hall–Kier alpha value is -0.340. The van der Waals surface area contributed by atoms with Gasteiger partial charge in [-0.05, 0) is 32.1 Å². The minimum atomic E-state index is -0.180. The number of allylic oxidation sites excluding steroid dienone is 2. The van der Waals surface area contributed by atoms with E-state index in [1.807, 2.05) is 0 Å². The van der Waals surface area contributed by atoms with Crippen molar-refractivity contribution in [2.24, 2.45) is 11.8 Å². The summed E-state index contributed by atoms with van der Waals surface area (Å²) in [6, 6.07) is 0. The Morgan fingerprint density at radius 1 is 1.36 bits per heavy atom. The van der Waals surface area contributed by atoms with Crippen molar-refractivity contribution in [3.8, 4) is 0 Å². The van der Waals surface area contributed by atoms with Crippen LogP contribution in [0.15, 0.2) is 11.6 Å². The van der Waals surface area contributed by atoms with Crippen molar-refractivity contribution in [2.45, 2.75) is 38.4 Å². The molecular weight excluding hydrogens is 176 g/mol. The lowest BCUT2D eigenvalue weighted by Crippen LogP contribution is -2.37. The maximum Gasteiger partial charge on any atom is 0.171 e. The van der Waals surface area contributed by atoms with E-state index in [4.69, 9.17) is 9.47 Å². The average Bonchev–Trinajstić information content (AvgIpc) is 2.77. The molecule has 1 spiro atoms. The molecule has 1 saturated carbocycles. The monoisotopic (exact) mass is 194 g/mol. The molecule has 2 heteroatoms. The molecule has 2 atom stereocenters. The normalized spacial score (nSPS) is 39.9. The van der Waals surface area contributed by atoms with Crippen molar-refractivity contribution >= 4 is 0 Å². The van der Waals surface area contributed by atoms with Crippen LogP contribution >= 0.6 is 0 Å². The summed E-state index contributed by atoms with van der Waals surface area (Å²) in [6.45, 7) is 3.83. The summed E-state index contributed by atoms with van der Waals surface area (Å²) in [6.07, 6.45) is 7.22. The summed E-state index contributed by atoms with van der Waals surface area (Å²) in [5.41, 5.74) is 1.52. The molecule has 0 unspecified atom stereocenters. The van der Waals surface area contributed by atoms with Gasteiger partial charge in [0, 0.05) is 12.3 Å². The van der Waals surface area contributed by atoms with E-state index in [9.17, 15) is 0 Å². The fraction of sp³-hybridized carbons (Fsp3) is 0.833. The molecule has 0 aromatic heterocycles. The third-order valence-electron chi connectivity index (χ3n) is 4.08. The topological polar surface area (TPSA) is 18.5 Å². The Bertz CT molecular complexity index is 263. The van der Waals surface area contributed by atoms with Gasteiger partial charge in [-0.3, -0.25) is 0 Å². The van der Waals surface area contributed by atoms with Gasteiger partial charge in [-0.25, -0.2) is 0 Å². The second-order valence-corrected chi connectivity index (χ2v) is 4.90. The lowest BCUT2D eigenvalue weighted by molar-refractivity contribution is -0.186. The van der Waals surface area contributed by atoms with E-state index in [1.165, 1.54) is 24.8 Å². The van der Waals surface area contributed by atoms with E-state index in [1.54, 1.807) is 0 Å². The Kier molecular flexibility index (Phi) is 1.96. The molecule has 1 heterocycles. The highest BCUT2D eigenvalue weighted by atomic mass is 16.7. The molecule has 14 heavy (non-hydrogen) atoms. The summed E-state index contributed by atoms with van der Waals surface area (Å²) in [4.78, 5) is 0. The van der Waals surface area contributed by atoms with Crippen LogP contribution < -0.4 is 0 Å². The van der Waals surface area contributed by atoms with Crippen molar-refractivity contribution in [2.75, 3.05) is 13.2 Å². The van der Waals surface area contributed by atoms with Crippen LogP contribution in [0.1, 0.15) is 32.6 Å². The van der Waals surface area contributed by atoms with Gasteiger partial charge in [-0.2, -0.15) is 0 Å². The second-order valence-electron chi connectivity index (χ2n) is 4.90. The van der Waals surface area contributed by atoms with Crippen LogP contribution in [0.25, 0.3) is 0 Å². The molecule has 0 aromatic rings. The van der Waals surface area contributed by atoms with Crippen LogP contribution in [-0.4, -0.2) is 19.0 Å². The molecule has 0 bridgehead atoms. The lowest BCUT2D eigenvalue weighted by Gasteiger charge is -2.34. The van der Waals surface area contributed by atoms with Crippen molar-refractivity contribution in [1.29, 1.82) is 0 Å². The van der Waals surface area contributed by atoms with E-state index in [-0.39, 0.29) is 5.79 Å². The van der Waals surface area contributed by atoms with Gasteiger partial charge >= 0.3 is 0 Å². The Morgan fingerprint density at radius 3 is 2.93 bits per heavy atom. The first-order valence-electron chi connectivity index (χ1n) is 5.74. The first-order valence-corrected chi connectivity index (χ1v) is 5.74. The fourth-order valence-electron chi connectivity index (χ4n) is 3.35. The molecule has 0 amide bonds. The van der Waals surface area contributed by atoms with Gasteiger partial charge in [-0.15, -0.1) is 0 Å². The molecule has 3 aliphatic rings. The third-order valence-corrected chi connectivity index (χ3v) is 4.08.